The Kier molecular flexibility index (Phi) is 7.68. The third-order valence-electron chi connectivity index (χ3n) is 5.33. The Balaban J connectivity index is 1.67. The second-order valence-electron chi connectivity index (χ2n) is 7.48. The van der Waals surface area contributed by atoms with Gasteiger partial charge in [-0.3, -0.25) is 14.4 Å². The van der Waals surface area contributed by atoms with Crippen LogP contribution in [-0.2, 0) is 22.4 Å². The van der Waals surface area contributed by atoms with Gasteiger partial charge >= 0.3 is 0 Å². The number of hydrogen-bond donors (Lipinski definition) is 2. The quantitative estimate of drug-likeness (QED) is 0.496. The van der Waals surface area contributed by atoms with Crippen molar-refractivity contribution in [3.8, 4) is 0 Å². The van der Waals surface area contributed by atoms with Crippen molar-refractivity contribution < 1.29 is 9.59 Å². The minimum Gasteiger partial charge on any atom is -0.344 e. The third kappa shape index (κ3) is 5.72. The van der Waals surface area contributed by atoms with Gasteiger partial charge in [-0.1, -0.05) is 42.1 Å². The van der Waals surface area contributed by atoms with Crippen molar-refractivity contribution in [1.29, 1.82) is 0 Å². The molecule has 1 atom stereocenters. The zero-order valence-electron chi connectivity index (χ0n) is 17.4. The SMILES string of the molecule is CSc1nc(C)c(CCC(=O)NC(Cc2ccccc2)C(=O)N2CCCC2)c(=O)[nH]1. The van der Waals surface area contributed by atoms with Crippen LogP contribution in [0.3, 0.4) is 0 Å². The summed E-state index contributed by atoms with van der Waals surface area (Å²) in [5, 5.41) is 3.47. The summed E-state index contributed by atoms with van der Waals surface area (Å²) in [5.41, 5.74) is 1.92. The molecule has 3 rings (SSSR count). The van der Waals surface area contributed by atoms with E-state index in [1.807, 2.05) is 41.5 Å². The first kappa shape index (κ1) is 22.1. The summed E-state index contributed by atoms with van der Waals surface area (Å²) in [7, 11) is 0. The van der Waals surface area contributed by atoms with Gasteiger partial charge in [0.25, 0.3) is 5.56 Å². The Hall–Kier alpha value is -2.61. The average molecular weight is 429 g/mol. The maximum Gasteiger partial charge on any atom is 0.254 e. The number of likely N-dealkylation sites (tertiary alicyclic amines) is 1. The van der Waals surface area contributed by atoms with Crippen LogP contribution in [0.4, 0.5) is 0 Å². The van der Waals surface area contributed by atoms with Crippen molar-refractivity contribution in [3.63, 3.8) is 0 Å². The second-order valence-corrected chi connectivity index (χ2v) is 8.28. The number of H-pyrrole nitrogens is 1. The van der Waals surface area contributed by atoms with E-state index in [0.717, 1.165) is 31.5 Å². The van der Waals surface area contributed by atoms with Gasteiger partial charge in [0.15, 0.2) is 5.16 Å². The molecule has 0 spiro atoms. The summed E-state index contributed by atoms with van der Waals surface area (Å²) in [5.74, 6) is -0.277. The van der Waals surface area contributed by atoms with E-state index in [2.05, 4.69) is 15.3 Å². The smallest absolute Gasteiger partial charge is 0.254 e. The summed E-state index contributed by atoms with van der Waals surface area (Å²) in [6, 6.07) is 9.09. The molecule has 1 aromatic heterocycles. The van der Waals surface area contributed by atoms with E-state index in [-0.39, 0.29) is 30.2 Å². The molecule has 2 heterocycles. The van der Waals surface area contributed by atoms with E-state index in [1.165, 1.54) is 11.8 Å². The minimum atomic E-state index is -0.602. The van der Waals surface area contributed by atoms with E-state index in [9.17, 15) is 14.4 Å². The summed E-state index contributed by atoms with van der Waals surface area (Å²) in [6.45, 7) is 3.25. The van der Waals surface area contributed by atoms with E-state index in [0.29, 0.717) is 22.8 Å². The van der Waals surface area contributed by atoms with Crippen LogP contribution in [0.1, 0.15) is 36.1 Å². The molecule has 1 aromatic carbocycles. The lowest BCUT2D eigenvalue weighted by Crippen LogP contribution is -2.49. The van der Waals surface area contributed by atoms with Crippen molar-refractivity contribution in [3.05, 3.63) is 57.5 Å². The molecule has 8 heteroatoms. The number of amides is 2. The van der Waals surface area contributed by atoms with E-state index in [1.54, 1.807) is 6.92 Å². The standard InChI is InChI=1S/C22H28N4O3S/c1-15-17(20(28)25-22(23-15)30-2)10-11-19(27)24-18(14-16-8-4-3-5-9-16)21(29)26-12-6-7-13-26/h3-5,8-9,18H,6-7,10-14H2,1-2H3,(H,24,27)(H,23,25,28). The Morgan fingerprint density at radius 1 is 1.23 bits per heavy atom. The van der Waals surface area contributed by atoms with E-state index in [4.69, 9.17) is 0 Å². The zero-order chi connectivity index (χ0) is 21.5. The van der Waals surface area contributed by atoms with E-state index >= 15 is 0 Å². The fourth-order valence-electron chi connectivity index (χ4n) is 3.69. The van der Waals surface area contributed by atoms with Crippen molar-refractivity contribution in [2.75, 3.05) is 19.3 Å². The maximum atomic E-state index is 13.0. The highest BCUT2D eigenvalue weighted by Gasteiger charge is 2.28. The van der Waals surface area contributed by atoms with Gasteiger partial charge in [0.05, 0.1) is 0 Å². The van der Waals surface area contributed by atoms with Gasteiger partial charge in [-0.25, -0.2) is 4.98 Å². The van der Waals surface area contributed by atoms with Crippen LogP contribution in [0, 0.1) is 6.92 Å². The van der Waals surface area contributed by atoms with Crippen LogP contribution in [0.25, 0.3) is 0 Å². The number of aromatic nitrogens is 2. The number of hydrogen-bond acceptors (Lipinski definition) is 5. The van der Waals surface area contributed by atoms with Crippen LogP contribution >= 0.6 is 11.8 Å². The average Bonchev–Trinajstić information content (AvgIpc) is 3.27. The molecule has 1 aliphatic rings. The van der Waals surface area contributed by atoms with Crippen molar-refractivity contribution >= 4 is 23.6 Å². The lowest BCUT2D eigenvalue weighted by atomic mass is 10.0. The number of carbonyl (C=O) groups excluding carboxylic acids is 2. The molecule has 1 saturated heterocycles. The zero-order valence-corrected chi connectivity index (χ0v) is 18.3. The molecular formula is C22H28N4O3S. The molecule has 2 amide bonds. The van der Waals surface area contributed by atoms with Crippen LogP contribution in [-0.4, -0.2) is 52.1 Å². The molecule has 30 heavy (non-hydrogen) atoms. The molecule has 2 N–H and O–H groups in total. The monoisotopic (exact) mass is 428 g/mol. The van der Waals surface area contributed by atoms with Gasteiger partial charge in [-0.05, 0) is 38.0 Å². The van der Waals surface area contributed by atoms with Gasteiger partial charge in [0.2, 0.25) is 11.8 Å². The summed E-state index contributed by atoms with van der Waals surface area (Å²) in [4.78, 5) is 46.8. The van der Waals surface area contributed by atoms with Crippen molar-refractivity contribution in [2.45, 2.75) is 50.2 Å². The summed E-state index contributed by atoms with van der Waals surface area (Å²) in [6.07, 6.45) is 4.70. The number of aromatic amines is 1. The molecular weight excluding hydrogens is 400 g/mol. The van der Waals surface area contributed by atoms with E-state index < -0.39 is 6.04 Å². The minimum absolute atomic E-state index is 0.0373. The Morgan fingerprint density at radius 3 is 2.57 bits per heavy atom. The van der Waals surface area contributed by atoms with Gasteiger partial charge in [0, 0.05) is 37.2 Å². The van der Waals surface area contributed by atoms with Crippen LogP contribution in [0.5, 0.6) is 0 Å². The lowest BCUT2D eigenvalue weighted by Gasteiger charge is -2.24. The number of benzene rings is 1. The first-order chi connectivity index (χ1) is 14.5. The third-order valence-corrected chi connectivity index (χ3v) is 5.91. The van der Waals surface area contributed by atoms with Crippen molar-refractivity contribution in [1.82, 2.24) is 20.2 Å². The summed E-state index contributed by atoms with van der Waals surface area (Å²) >= 11 is 1.37. The predicted molar refractivity (Wildman–Crippen MR) is 118 cm³/mol. The number of aryl methyl sites for hydroxylation is 1. The Labute approximate surface area is 180 Å². The largest absolute Gasteiger partial charge is 0.344 e. The second kappa shape index (κ2) is 10.4. The molecule has 0 saturated carbocycles. The normalized spacial score (nSPS) is 14.5. The topological polar surface area (TPSA) is 95.2 Å². The predicted octanol–water partition coefficient (Wildman–Crippen LogP) is 2.08. The lowest BCUT2D eigenvalue weighted by molar-refractivity contribution is -0.135. The number of nitrogens with zero attached hydrogens (tertiary/aromatic N) is 2. The molecule has 7 nitrogen and oxygen atoms in total. The fraction of sp³-hybridized carbons (Fsp3) is 0.455. The number of nitrogens with one attached hydrogen (secondary N) is 2. The number of rotatable bonds is 8. The summed E-state index contributed by atoms with van der Waals surface area (Å²) < 4.78 is 0. The molecule has 1 unspecified atom stereocenters. The molecule has 1 fully saturated rings. The molecule has 1 aliphatic heterocycles. The first-order valence-electron chi connectivity index (χ1n) is 10.2. The molecule has 2 aromatic rings. The molecule has 0 aliphatic carbocycles. The van der Waals surface area contributed by atoms with Gasteiger partial charge in [-0.2, -0.15) is 0 Å². The molecule has 160 valence electrons. The van der Waals surface area contributed by atoms with Gasteiger partial charge in [-0.15, -0.1) is 0 Å². The van der Waals surface area contributed by atoms with Crippen LogP contribution in [0.2, 0.25) is 0 Å². The Bertz CT molecular complexity index is 939. The van der Waals surface area contributed by atoms with Gasteiger partial charge in [0.1, 0.15) is 6.04 Å². The highest BCUT2D eigenvalue weighted by Crippen LogP contribution is 2.13. The number of carbonyl (C=O) groups is 2. The highest BCUT2D eigenvalue weighted by molar-refractivity contribution is 7.98. The Morgan fingerprint density at radius 2 is 1.93 bits per heavy atom. The highest BCUT2D eigenvalue weighted by atomic mass is 32.2. The number of thioether (sulfide) groups is 1. The van der Waals surface area contributed by atoms with Crippen LogP contribution < -0.4 is 10.9 Å². The molecule has 0 bridgehead atoms. The van der Waals surface area contributed by atoms with Gasteiger partial charge < -0.3 is 15.2 Å². The van der Waals surface area contributed by atoms with Crippen LogP contribution in [0.15, 0.2) is 40.3 Å². The fourth-order valence-corrected chi connectivity index (χ4v) is 4.11. The molecule has 0 radical (unpaired) electrons. The first-order valence-corrected chi connectivity index (χ1v) is 11.5. The van der Waals surface area contributed by atoms with Crippen molar-refractivity contribution in [2.24, 2.45) is 0 Å². The maximum absolute atomic E-state index is 13.0.